The van der Waals surface area contributed by atoms with Crippen LogP contribution in [0.3, 0.4) is 0 Å². The third kappa shape index (κ3) is 5.29. The lowest BCUT2D eigenvalue weighted by Gasteiger charge is -2.14. The summed E-state index contributed by atoms with van der Waals surface area (Å²) in [4.78, 5) is 1.17. The molecule has 0 aliphatic carbocycles. The molecule has 2 aromatic rings. The van der Waals surface area contributed by atoms with Crippen molar-refractivity contribution in [2.45, 2.75) is 27.0 Å². The zero-order valence-electron chi connectivity index (χ0n) is 12.2. The van der Waals surface area contributed by atoms with Gasteiger partial charge in [-0.3, -0.25) is 0 Å². The van der Waals surface area contributed by atoms with Crippen LogP contribution >= 0.6 is 38.9 Å². The fourth-order valence-electron chi connectivity index (χ4n) is 1.92. The molecule has 5 heteroatoms. The second-order valence-electron chi connectivity index (χ2n) is 5.27. The highest BCUT2D eigenvalue weighted by Gasteiger charge is 2.09. The Morgan fingerprint density at radius 3 is 2.86 bits per heavy atom. The lowest BCUT2D eigenvalue weighted by Crippen LogP contribution is -2.19. The second-order valence-corrected chi connectivity index (χ2v) is 7.59. The number of hydrogen-bond acceptors (Lipinski definition) is 3. The van der Waals surface area contributed by atoms with Gasteiger partial charge in [0.15, 0.2) is 0 Å². The van der Waals surface area contributed by atoms with E-state index in [1.54, 1.807) is 11.3 Å². The first-order valence-corrected chi connectivity index (χ1v) is 8.95. The summed E-state index contributed by atoms with van der Waals surface area (Å²) in [6.45, 7) is 6.66. The van der Waals surface area contributed by atoms with Crippen LogP contribution in [0, 0.1) is 5.92 Å². The summed E-state index contributed by atoms with van der Waals surface area (Å²) in [5.41, 5.74) is 1.10. The smallest absolute Gasteiger partial charge is 0.142 e. The molecule has 0 bridgehead atoms. The summed E-state index contributed by atoms with van der Waals surface area (Å²) in [5.74, 6) is 1.40. The third-order valence-corrected chi connectivity index (χ3v) is 4.87. The predicted molar refractivity (Wildman–Crippen MR) is 94.3 cm³/mol. The first-order valence-electron chi connectivity index (χ1n) is 6.90. The van der Waals surface area contributed by atoms with Crippen LogP contribution in [0.2, 0.25) is 5.02 Å². The van der Waals surface area contributed by atoms with E-state index in [4.69, 9.17) is 16.3 Å². The predicted octanol–water partition coefficient (Wildman–Crippen LogP) is 5.49. The summed E-state index contributed by atoms with van der Waals surface area (Å²) in [6, 6.07) is 7.95. The molecule has 0 unspecified atom stereocenters. The molecule has 2 rings (SSSR count). The molecule has 21 heavy (non-hydrogen) atoms. The molecule has 0 atom stereocenters. The zero-order valence-corrected chi connectivity index (χ0v) is 15.3. The minimum atomic E-state index is 0.539. The molecule has 0 aliphatic rings. The van der Waals surface area contributed by atoms with E-state index in [0.717, 1.165) is 28.9 Å². The molecule has 1 aromatic heterocycles. The maximum Gasteiger partial charge on any atom is 0.142 e. The van der Waals surface area contributed by atoms with Crippen LogP contribution in [0.1, 0.15) is 24.3 Å². The number of hydrogen-bond donors (Lipinski definition) is 1. The summed E-state index contributed by atoms with van der Waals surface area (Å²) in [5, 5.41) is 6.14. The first-order chi connectivity index (χ1) is 10.1. The van der Waals surface area contributed by atoms with Crippen molar-refractivity contribution in [2.75, 3.05) is 6.54 Å². The summed E-state index contributed by atoms with van der Waals surface area (Å²) in [7, 11) is 0. The van der Waals surface area contributed by atoms with E-state index >= 15 is 0 Å². The molecule has 0 amide bonds. The summed E-state index contributed by atoms with van der Waals surface area (Å²) < 4.78 is 7.03. The molecule has 0 saturated heterocycles. The average Bonchev–Trinajstić information content (AvgIpc) is 2.83. The van der Waals surface area contributed by atoms with Gasteiger partial charge in [-0.05, 0) is 40.5 Å². The molecule has 0 spiro atoms. The van der Waals surface area contributed by atoms with E-state index in [2.05, 4.69) is 52.6 Å². The number of thiophene rings is 1. The van der Waals surface area contributed by atoms with E-state index in [0.29, 0.717) is 17.5 Å². The molecule has 1 N–H and O–H groups in total. The van der Waals surface area contributed by atoms with E-state index in [-0.39, 0.29) is 0 Å². The number of ether oxygens (including phenoxy) is 1. The van der Waals surface area contributed by atoms with Gasteiger partial charge < -0.3 is 10.1 Å². The minimum absolute atomic E-state index is 0.539. The maximum atomic E-state index is 6.28. The van der Waals surface area contributed by atoms with Crippen molar-refractivity contribution in [3.05, 3.63) is 49.6 Å². The highest BCUT2D eigenvalue weighted by Crippen LogP contribution is 2.30. The van der Waals surface area contributed by atoms with Gasteiger partial charge in [0.1, 0.15) is 12.4 Å². The molecular formula is C16H19BrClNOS. The minimum Gasteiger partial charge on any atom is -0.486 e. The SMILES string of the molecule is CC(C)CNCc1cccc(Cl)c1OCc1cc(Br)cs1. The second kappa shape index (κ2) is 8.18. The highest BCUT2D eigenvalue weighted by molar-refractivity contribution is 9.10. The Labute approximate surface area is 143 Å². The van der Waals surface area contributed by atoms with Gasteiger partial charge in [-0.25, -0.2) is 0 Å². The fraction of sp³-hybridized carbons (Fsp3) is 0.375. The quantitative estimate of drug-likeness (QED) is 0.677. The van der Waals surface area contributed by atoms with Crippen LogP contribution < -0.4 is 10.1 Å². The molecule has 1 heterocycles. The number of benzene rings is 1. The Kier molecular flexibility index (Phi) is 6.55. The Bertz CT molecular complexity index is 585. The van der Waals surface area contributed by atoms with Gasteiger partial charge in [-0.1, -0.05) is 37.6 Å². The van der Waals surface area contributed by atoms with Gasteiger partial charge in [0.05, 0.1) is 5.02 Å². The molecule has 0 fully saturated rings. The molecule has 1 aromatic carbocycles. The largest absolute Gasteiger partial charge is 0.486 e. The Morgan fingerprint density at radius 2 is 2.19 bits per heavy atom. The Hall–Kier alpha value is -0.550. The van der Waals surface area contributed by atoms with E-state index < -0.39 is 0 Å². The summed E-state index contributed by atoms with van der Waals surface area (Å²) in [6.07, 6.45) is 0. The van der Waals surface area contributed by atoms with E-state index in [1.807, 2.05) is 12.1 Å². The third-order valence-electron chi connectivity index (χ3n) is 2.90. The highest BCUT2D eigenvalue weighted by atomic mass is 79.9. The van der Waals surface area contributed by atoms with Crippen molar-refractivity contribution in [1.82, 2.24) is 5.32 Å². The molecule has 2 nitrogen and oxygen atoms in total. The monoisotopic (exact) mass is 387 g/mol. The first kappa shape index (κ1) is 16.8. The molecular weight excluding hydrogens is 370 g/mol. The van der Waals surface area contributed by atoms with Crippen molar-refractivity contribution in [3.8, 4) is 5.75 Å². The molecule has 0 aliphatic heterocycles. The van der Waals surface area contributed by atoms with Crippen LogP contribution in [0.4, 0.5) is 0 Å². The van der Waals surface area contributed by atoms with Crippen LogP contribution in [0.5, 0.6) is 5.75 Å². The fourth-order valence-corrected chi connectivity index (χ4v) is 3.53. The van der Waals surface area contributed by atoms with E-state index in [9.17, 15) is 0 Å². The van der Waals surface area contributed by atoms with Crippen molar-refractivity contribution < 1.29 is 4.74 Å². The number of nitrogens with one attached hydrogen (secondary N) is 1. The number of halogens is 2. The van der Waals surface area contributed by atoms with Crippen molar-refractivity contribution in [2.24, 2.45) is 5.92 Å². The van der Waals surface area contributed by atoms with Crippen molar-refractivity contribution in [1.29, 1.82) is 0 Å². The van der Waals surface area contributed by atoms with Crippen LogP contribution in [-0.4, -0.2) is 6.54 Å². The standard InChI is InChI=1S/C16H19BrClNOS/c1-11(2)7-19-8-12-4-3-5-15(18)16(12)20-9-14-6-13(17)10-21-14/h3-6,10-11,19H,7-9H2,1-2H3. The van der Waals surface area contributed by atoms with Crippen LogP contribution in [-0.2, 0) is 13.2 Å². The number of rotatable bonds is 7. The zero-order chi connectivity index (χ0) is 15.2. The lowest BCUT2D eigenvalue weighted by atomic mass is 10.2. The normalized spacial score (nSPS) is 11.1. The lowest BCUT2D eigenvalue weighted by molar-refractivity contribution is 0.305. The molecule has 0 saturated carbocycles. The van der Waals surface area contributed by atoms with Gasteiger partial charge in [0, 0.05) is 26.8 Å². The van der Waals surface area contributed by atoms with Gasteiger partial charge >= 0.3 is 0 Å². The van der Waals surface area contributed by atoms with Crippen LogP contribution in [0.15, 0.2) is 34.1 Å². The summed E-state index contributed by atoms with van der Waals surface area (Å²) >= 11 is 11.4. The van der Waals surface area contributed by atoms with E-state index in [1.165, 1.54) is 4.88 Å². The van der Waals surface area contributed by atoms with Gasteiger partial charge in [0.25, 0.3) is 0 Å². The van der Waals surface area contributed by atoms with Gasteiger partial charge in [-0.15, -0.1) is 11.3 Å². The molecule has 0 radical (unpaired) electrons. The average molecular weight is 389 g/mol. The van der Waals surface area contributed by atoms with Crippen molar-refractivity contribution >= 4 is 38.9 Å². The van der Waals surface area contributed by atoms with Crippen molar-refractivity contribution in [3.63, 3.8) is 0 Å². The topological polar surface area (TPSA) is 21.3 Å². The van der Waals surface area contributed by atoms with Gasteiger partial charge in [0.2, 0.25) is 0 Å². The number of para-hydroxylation sites is 1. The molecule has 114 valence electrons. The van der Waals surface area contributed by atoms with Crippen LogP contribution in [0.25, 0.3) is 0 Å². The Morgan fingerprint density at radius 1 is 1.38 bits per heavy atom. The Balaban J connectivity index is 2.02. The van der Waals surface area contributed by atoms with Gasteiger partial charge in [-0.2, -0.15) is 0 Å². The maximum absolute atomic E-state index is 6.28.